The quantitative estimate of drug-likeness (QED) is 0.848. The minimum absolute atomic E-state index is 0.322. The van der Waals surface area contributed by atoms with Crippen molar-refractivity contribution in [2.24, 2.45) is 0 Å². The number of piperidine rings is 1. The molecule has 1 aliphatic rings. The van der Waals surface area contributed by atoms with Crippen molar-refractivity contribution in [2.45, 2.75) is 31.8 Å². The Labute approximate surface area is 111 Å². The number of nitrogens with one attached hydrogen (secondary N) is 1. The third kappa shape index (κ3) is 3.00. The number of aromatic nitrogens is 1. The average Bonchev–Trinajstić information content (AvgIpc) is 2.81. The molecule has 2 atom stereocenters. The SMILES string of the molecule is COC(=O)c1cnc(NC2CCN(C)C(C)C2)s1. The lowest BCUT2D eigenvalue weighted by Crippen LogP contribution is -2.42. The van der Waals surface area contributed by atoms with Crippen molar-refractivity contribution >= 4 is 22.4 Å². The number of carbonyl (C=O) groups is 1. The predicted molar refractivity (Wildman–Crippen MR) is 72.2 cm³/mol. The second-order valence-corrected chi connectivity index (χ2v) is 5.75. The van der Waals surface area contributed by atoms with E-state index in [2.05, 4.69) is 33.9 Å². The number of carbonyl (C=O) groups excluding carboxylic acids is 1. The number of nitrogens with zero attached hydrogens (tertiary/aromatic N) is 2. The smallest absolute Gasteiger partial charge is 0.349 e. The van der Waals surface area contributed by atoms with Crippen molar-refractivity contribution in [3.8, 4) is 0 Å². The van der Waals surface area contributed by atoms with Crippen LogP contribution >= 0.6 is 11.3 Å². The Morgan fingerprint density at radius 1 is 1.67 bits per heavy atom. The standard InChI is InChI=1S/C12H19N3O2S/c1-8-6-9(4-5-15(8)2)14-12-13-7-10(18-12)11(16)17-3/h7-9H,4-6H2,1-3H3,(H,13,14). The molecule has 100 valence electrons. The minimum Gasteiger partial charge on any atom is -0.465 e. The minimum atomic E-state index is -0.322. The van der Waals surface area contributed by atoms with Gasteiger partial charge >= 0.3 is 5.97 Å². The molecule has 18 heavy (non-hydrogen) atoms. The van der Waals surface area contributed by atoms with Gasteiger partial charge in [-0.3, -0.25) is 0 Å². The van der Waals surface area contributed by atoms with E-state index in [1.807, 2.05) is 0 Å². The van der Waals surface area contributed by atoms with Gasteiger partial charge in [0, 0.05) is 18.6 Å². The van der Waals surface area contributed by atoms with E-state index in [9.17, 15) is 4.79 Å². The topological polar surface area (TPSA) is 54.5 Å². The molecule has 0 aromatic carbocycles. The molecule has 0 spiro atoms. The van der Waals surface area contributed by atoms with Crippen molar-refractivity contribution in [1.82, 2.24) is 9.88 Å². The highest BCUT2D eigenvalue weighted by atomic mass is 32.1. The van der Waals surface area contributed by atoms with Crippen molar-refractivity contribution < 1.29 is 9.53 Å². The summed E-state index contributed by atoms with van der Waals surface area (Å²) in [6.07, 6.45) is 3.77. The van der Waals surface area contributed by atoms with Gasteiger partial charge in [0.05, 0.1) is 13.3 Å². The maximum atomic E-state index is 11.3. The monoisotopic (exact) mass is 269 g/mol. The molecule has 5 nitrogen and oxygen atoms in total. The summed E-state index contributed by atoms with van der Waals surface area (Å²) in [5.74, 6) is -0.322. The fourth-order valence-electron chi connectivity index (χ4n) is 2.13. The molecule has 0 radical (unpaired) electrons. The molecule has 2 unspecified atom stereocenters. The maximum absolute atomic E-state index is 11.3. The number of thiazole rings is 1. The van der Waals surface area contributed by atoms with Crippen LogP contribution in [0, 0.1) is 0 Å². The molecule has 0 amide bonds. The van der Waals surface area contributed by atoms with Crippen molar-refractivity contribution in [1.29, 1.82) is 0 Å². The van der Waals surface area contributed by atoms with E-state index in [4.69, 9.17) is 0 Å². The molecule has 1 N–H and O–H groups in total. The van der Waals surface area contributed by atoms with E-state index in [-0.39, 0.29) is 5.97 Å². The Bertz CT molecular complexity index is 421. The van der Waals surface area contributed by atoms with Gasteiger partial charge in [0.1, 0.15) is 4.88 Å². The lowest BCUT2D eigenvalue weighted by molar-refractivity contribution is 0.0606. The first-order valence-corrected chi connectivity index (χ1v) is 6.92. The van der Waals surface area contributed by atoms with E-state index in [0.29, 0.717) is 17.0 Å². The summed E-state index contributed by atoms with van der Waals surface area (Å²) in [4.78, 5) is 18.4. The van der Waals surface area contributed by atoms with Crippen LogP contribution < -0.4 is 5.32 Å². The van der Waals surface area contributed by atoms with Gasteiger partial charge in [-0.15, -0.1) is 0 Å². The van der Waals surface area contributed by atoms with Gasteiger partial charge in [0.15, 0.2) is 5.13 Å². The van der Waals surface area contributed by atoms with Crippen molar-refractivity contribution in [3.63, 3.8) is 0 Å². The number of anilines is 1. The molecule has 1 aromatic heterocycles. The van der Waals surface area contributed by atoms with Crippen molar-refractivity contribution in [3.05, 3.63) is 11.1 Å². The zero-order chi connectivity index (χ0) is 13.1. The normalized spacial score (nSPS) is 24.8. The third-order valence-electron chi connectivity index (χ3n) is 3.43. The highest BCUT2D eigenvalue weighted by molar-refractivity contribution is 7.17. The molecular weight excluding hydrogens is 250 g/mol. The highest BCUT2D eigenvalue weighted by Gasteiger charge is 2.23. The average molecular weight is 269 g/mol. The summed E-state index contributed by atoms with van der Waals surface area (Å²) >= 11 is 1.35. The van der Waals surface area contributed by atoms with Gasteiger partial charge in [0.25, 0.3) is 0 Å². The van der Waals surface area contributed by atoms with Crippen LogP contribution in [0.2, 0.25) is 0 Å². The Kier molecular flexibility index (Phi) is 4.19. The second-order valence-electron chi connectivity index (χ2n) is 4.72. The van der Waals surface area contributed by atoms with Crippen molar-refractivity contribution in [2.75, 3.05) is 26.0 Å². The fourth-order valence-corrected chi connectivity index (χ4v) is 2.94. The lowest BCUT2D eigenvalue weighted by atomic mass is 9.99. The summed E-state index contributed by atoms with van der Waals surface area (Å²) in [7, 11) is 3.54. The first kappa shape index (κ1) is 13.3. The van der Waals surface area contributed by atoms with Crippen LogP contribution in [0.25, 0.3) is 0 Å². The van der Waals surface area contributed by atoms with Crippen LogP contribution in [0.1, 0.15) is 29.4 Å². The Morgan fingerprint density at radius 2 is 2.44 bits per heavy atom. The highest BCUT2D eigenvalue weighted by Crippen LogP contribution is 2.23. The third-order valence-corrected chi connectivity index (χ3v) is 4.34. The lowest BCUT2D eigenvalue weighted by Gasteiger charge is -2.35. The summed E-state index contributed by atoms with van der Waals surface area (Å²) in [5.41, 5.74) is 0. The summed E-state index contributed by atoms with van der Waals surface area (Å²) in [6.45, 7) is 3.32. The van der Waals surface area contributed by atoms with E-state index in [1.54, 1.807) is 6.20 Å². The second kappa shape index (κ2) is 5.67. The van der Waals surface area contributed by atoms with Gasteiger partial charge in [-0.1, -0.05) is 11.3 Å². The van der Waals surface area contributed by atoms with Gasteiger partial charge < -0.3 is 15.0 Å². The molecular formula is C12H19N3O2S. The van der Waals surface area contributed by atoms with Gasteiger partial charge in [0.2, 0.25) is 0 Å². The van der Waals surface area contributed by atoms with Gasteiger partial charge in [-0.05, 0) is 26.8 Å². The van der Waals surface area contributed by atoms with Crippen LogP contribution in [0.5, 0.6) is 0 Å². The maximum Gasteiger partial charge on any atom is 0.349 e. The number of methoxy groups -OCH3 is 1. The fraction of sp³-hybridized carbons (Fsp3) is 0.667. The molecule has 2 heterocycles. The predicted octanol–water partition coefficient (Wildman–Crippen LogP) is 1.82. The zero-order valence-corrected chi connectivity index (χ0v) is 11.8. The van der Waals surface area contributed by atoms with E-state index in [0.717, 1.165) is 24.5 Å². The van der Waals surface area contributed by atoms with Crippen LogP contribution in [0.4, 0.5) is 5.13 Å². The molecule has 1 aromatic rings. The Balaban J connectivity index is 1.93. The number of esters is 1. The molecule has 0 aliphatic carbocycles. The van der Waals surface area contributed by atoms with E-state index < -0.39 is 0 Å². The van der Waals surface area contributed by atoms with Crippen LogP contribution in [0.15, 0.2) is 6.20 Å². The number of hydrogen-bond donors (Lipinski definition) is 1. The number of ether oxygens (including phenoxy) is 1. The van der Waals surface area contributed by atoms with Crippen LogP contribution in [-0.2, 0) is 4.74 Å². The number of likely N-dealkylation sites (tertiary alicyclic amines) is 1. The summed E-state index contributed by atoms with van der Waals surface area (Å²) in [6, 6.07) is 1.02. The Hall–Kier alpha value is -1.14. The molecule has 1 aliphatic heterocycles. The Morgan fingerprint density at radius 3 is 3.11 bits per heavy atom. The van der Waals surface area contributed by atoms with E-state index >= 15 is 0 Å². The molecule has 0 saturated carbocycles. The summed E-state index contributed by atoms with van der Waals surface area (Å²) < 4.78 is 4.67. The van der Waals surface area contributed by atoms with Gasteiger partial charge in [-0.25, -0.2) is 9.78 Å². The molecule has 1 fully saturated rings. The molecule has 1 saturated heterocycles. The molecule has 0 bridgehead atoms. The largest absolute Gasteiger partial charge is 0.465 e. The van der Waals surface area contributed by atoms with E-state index in [1.165, 1.54) is 18.4 Å². The first-order chi connectivity index (χ1) is 8.60. The number of hydrogen-bond acceptors (Lipinski definition) is 6. The zero-order valence-electron chi connectivity index (χ0n) is 11.0. The van der Waals surface area contributed by atoms with Crippen LogP contribution in [0.3, 0.4) is 0 Å². The first-order valence-electron chi connectivity index (χ1n) is 6.11. The van der Waals surface area contributed by atoms with Crippen LogP contribution in [-0.4, -0.2) is 48.6 Å². The molecule has 2 rings (SSSR count). The summed E-state index contributed by atoms with van der Waals surface area (Å²) in [5, 5.41) is 4.21. The van der Waals surface area contributed by atoms with Gasteiger partial charge in [-0.2, -0.15) is 0 Å². The molecule has 6 heteroatoms. The number of rotatable bonds is 3.